The van der Waals surface area contributed by atoms with E-state index in [-0.39, 0.29) is 36.5 Å². The Hall–Kier alpha value is -1.44. The van der Waals surface area contributed by atoms with Gasteiger partial charge in [-0.25, -0.2) is 13.6 Å². The number of primary sulfonamides is 1. The van der Waals surface area contributed by atoms with Crippen molar-refractivity contribution < 1.29 is 18.3 Å². The minimum Gasteiger partial charge on any atom is -0.385 e. The molecule has 26 heavy (non-hydrogen) atoms. The number of benzene rings is 1. The van der Waals surface area contributed by atoms with Crippen LogP contribution in [0, 0.1) is 5.92 Å². The number of carbonyl (C=O) groups excluding carboxylic acids is 1. The summed E-state index contributed by atoms with van der Waals surface area (Å²) in [4.78, 5) is 14.6. The van der Waals surface area contributed by atoms with Gasteiger partial charge in [-0.2, -0.15) is 0 Å². The van der Waals surface area contributed by atoms with Gasteiger partial charge in [0.05, 0.1) is 11.4 Å². The summed E-state index contributed by atoms with van der Waals surface area (Å²) in [7, 11) is -3.54. The molecule has 0 unspecified atom stereocenters. The van der Waals surface area contributed by atoms with Crippen LogP contribution in [0.4, 0.5) is 0 Å². The van der Waals surface area contributed by atoms with Crippen LogP contribution in [0.25, 0.3) is 0 Å². The van der Waals surface area contributed by atoms with Crippen LogP contribution < -0.4 is 5.14 Å². The maximum absolute atomic E-state index is 12.7. The fraction of sp³-hybridized carbons (Fsp3) is 0.632. The van der Waals surface area contributed by atoms with Gasteiger partial charge in [-0.1, -0.05) is 43.2 Å². The van der Waals surface area contributed by atoms with Crippen LogP contribution in [-0.2, 0) is 20.4 Å². The summed E-state index contributed by atoms with van der Waals surface area (Å²) >= 11 is 0. The number of nitrogens with two attached hydrogens (primary N) is 1. The number of rotatable bonds is 5. The van der Waals surface area contributed by atoms with Crippen molar-refractivity contribution in [3.8, 4) is 0 Å². The smallest absolute Gasteiger partial charge is 0.222 e. The molecule has 1 saturated heterocycles. The monoisotopic (exact) mass is 380 g/mol. The third kappa shape index (κ3) is 4.10. The average molecular weight is 381 g/mol. The summed E-state index contributed by atoms with van der Waals surface area (Å²) in [5.41, 5.74) is 0.0298. The molecule has 6 nitrogen and oxygen atoms in total. The minimum atomic E-state index is -3.54. The molecule has 3 N–H and O–H groups in total. The number of hydrogen-bond donors (Lipinski definition) is 2. The zero-order valence-corrected chi connectivity index (χ0v) is 15.8. The van der Waals surface area contributed by atoms with Crippen LogP contribution in [0.1, 0.15) is 50.5 Å². The molecule has 144 valence electrons. The molecule has 1 heterocycles. The lowest BCUT2D eigenvalue weighted by molar-refractivity contribution is -0.154. The van der Waals surface area contributed by atoms with E-state index in [0.717, 1.165) is 31.2 Å². The fourth-order valence-electron chi connectivity index (χ4n) is 4.65. The van der Waals surface area contributed by atoms with Crippen molar-refractivity contribution in [3.63, 3.8) is 0 Å². The highest BCUT2D eigenvalue weighted by atomic mass is 32.2. The normalized spacial score (nSPS) is 29.2. The van der Waals surface area contributed by atoms with Crippen molar-refractivity contribution in [2.75, 3.05) is 12.3 Å². The first-order chi connectivity index (χ1) is 12.3. The topological polar surface area (TPSA) is 101 Å². The Bertz CT molecular complexity index is 737. The first-order valence-corrected chi connectivity index (χ1v) is 11.1. The summed E-state index contributed by atoms with van der Waals surface area (Å²) in [5, 5.41) is 16.5. The van der Waals surface area contributed by atoms with Crippen molar-refractivity contribution in [2.24, 2.45) is 11.1 Å². The van der Waals surface area contributed by atoms with Gasteiger partial charge < -0.3 is 10.0 Å². The van der Waals surface area contributed by atoms with E-state index < -0.39 is 15.6 Å². The van der Waals surface area contributed by atoms with E-state index in [1.807, 2.05) is 35.2 Å². The number of hydrogen-bond acceptors (Lipinski definition) is 4. The molecule has 3 rings (SSSR count). The van der Waals surface area contributed by atoms with Crippen molar-refractivity contribution in [3.05, 3.63) is 35.9 Å². The highest BCUT2D eigenvalue weighted by Gasteiger charge is 2.50. The lowest BCUT2D eigenvalue weighted by Gasteiger charge is -2.52. The summed E-state index contributed by atoms with van der Waals surface area (Å²) in [6.45, 7) is 0.501. The average Bonchev–Trinajstić information content (AvgIpc) is 2.62. The second-order valence-corrected chi connectivity index (χ2v) is 9.29. The number of sulfonamides is 1. The highest BCUT2D eigenvalue weighted by Crippen LogP contribution is 2.47. The van der Waals surface area contributed by atoms with Gasteiger partial charge >= 0.3 is 0 Å². The Kier molecular flexibility index (Phi) is 5.69. The standard InChI is InChI=1S/C19H28N2O4S/c20-26(24,25)14-6-11-18(22)21-13-12-19(23,15-7-2-1-3-8-15)16-9-4-5-10-17(16)21/h1-3,7-8,16-17,23H,4-6,9-14H2,(H2,20,24,25)/t16-,17-,19+/m1/s1. The molecule has 3 atom stereocenters. The number of amides is 1. The van der Waals surface area contributed by atoms with Crippen molar-refractivity contribution in [2.45, 2.75) is 56.6 Å². The number of piperidine rings is 1. The van der Waals surface area contributed by atoms with Crippen molar-refractivity contribution >= 4 is 15.9 Å². The number of carbonyl (C=O) groups is 1. The number of fused-ring (bicyclic) bond motifs is 1. The molecule has 1 aliphatic carbocycles. The predicted octanol–water partition coefficient (Wildman–Crippen LogP) is 1.73. The first kappa shape index (κ1) is 19.3. The summed E-state index contributed by atoms with van der Waals surface area (Å²) in [6.07, 6.45) is 4.84. The van der Waals surface area contributed by atoms with E-state index >= 15 is 0 Å². The first-order valence-electron chi connectivity index (χ1n) is 9.39. The van der Waals surface area contributed by atoms with E-state index in [4.69, 9.17) is 5.14 Å². The predicted molar refractivity (Wildman–Crippen MR) is 99.6 cm³/mol. The molecular formula is C19H28N2O4S. The molecule has 0 aromatic heterocycles. The lowest BCUT2D eigenvalue weighted by Crippen LogP contribution is -2.59. The van der Waals surface area contributed by atoms with Crippen LogP contribution in [0.5, 0.6) is 0 Å². The van der Waals surface area contributed by atoms with E-state index in [0.29, 0.717) is 13.0 Å². The Balaban J connectivity index is 1.75. The molecule has 1 aromatic carbocycles. The Labute approximate surface area is 155 Å². The molecule has 1 amide bonds. The third-order valence-corrected chi connectivity index (χ3v) is 6.75. The second-order valence-electron chi connectivity index (χ2n) is 7.56. The molecule has 1 saturated carbocycles. The van der Waals surface area contributed by atoms with Gasteiger partial charge in [0.2, 0.25) is 15.9 Å². The molecule has 1 aliphatic heterocycles. The van der Waals surface area contributed by atoms with E-state index in [2.05, 4.69) is 0 Å². The lowest BCUT2D eigenvalue weighted by atomic mass is 9.66. The fourth-order valence-corrected chi connectivity index (χ4v) is 5.19. The van der Waals surface area contributed by atoms with E-state index in [1.165, 1.54) is 0 Å². The summed E-state index contributed by atoms with van der Waals surface area (Å²) in [6, 6.07) is 9.77. The van der Waals surface area contributed by atoms with Crippen molar-refractivity contribution in [1.82, 2.24) is 4.90 Å². The van der Waals surface area contributed by atoms with Crippen LogP contribution in [0.2, 0.25) is 0 Å². The zero-order chi connectivity index (χ0) is 18.8. The molecule has 0 bridgehead atoms. The Morgan fingerprint density at radius 1 is 1.23 bits per heavy atom. The third-order valence-electron chi connectivity index (χ3n) is 5.89. The maximum atomic E-state index is 12.7. The van der Waals surface area contributed by atoms with Crippen LogP contribution in [-0.4, -0.2) is 42.7 Å². The van der Waals surface area contributed by atoms with E-state index in [1.54, 1.807) is 0 Å². The van der Waals surface area contributed by atoms with Gasteiger partial charge in [-0.15, -0.1) is 0 Å². The SMILES string of the molecule is NS(=O)(=O)CCCC(=O)N1CC[C@](O)(c2ccccc2)[C@@H]2CCCC[C@H]21. The Morgan fingerprint density at radius 3 is 2.62 bits per heavy atom. The number of nitrogens with zero attached hydrogens (tertiary/aromatic N) is 1. The van der Waals surface area contributed by atoms with Gasteiger partial charge in [0.15, 0.2) is 0 Å². The molecule has 0 radical (unpaired) electrons. The maximum Gasteiger partial charge on any atom is 0.222 e. The molecule has 0 spiro atoms. The Morgan fingerprint density at radius 2 is 1.92 bits per heavy atom. The minimum absolute atomic E-state index is 0.0182. The van der Waals surface area contributed by atoms with Crippen LogP contribution >= 0.6 is 0 Å². The number of aliphatic hydroxyl groups is 1. The highest BCUT2D eigenvalue weighted by molar-refractivity contribution is 7.89. The van der Waals surface area contributed by atoms with Gasteiger partial charge in [0.25, 0.3) is 0 Å². The zero-order valence-electron chi connectivity index (χ0n) is 15.0. The molecule has 2 aliphatic rings. The summed E-state index contributed by atoms with van der Waals surface area (Å²) < 4.78 is 22.2. The number of likely N-dealkylation sites (tertiary alicyclic amines) is 1. The quantitative estimate of drug-likeness (QED) is 0.812. The second kappa shape index (κ2) is 7.66. The van der Waals surface area contributed by atoms with Gasteiger partial charge in [0, 0.05) is 24.9 Å². The van der Waals surface area contributed by atoms with Gasteiger partial charge in [-0.05, 0) is 31.2 Å². The largest absolute Gasteiger partial charge is 0.385 e. The summed E-state index contributed by atoms with van der Waals surface area (Å²) in [5.74, 6) is -0.176. The van der Waals surface area contributed by atoms with Gasteiger partial charge in [-0.3, -0.25) is 4.79 Å². The molecule has 7 heteroatoms. The van der Waals surface area contributed by atoms with Crippen LogP contribution in [0.3, 0.4) is 0 Å². The molecular weight excluding hydrogens is 352 g/mol. The molecule has 2 fully saturated rings. The molecule has 1 aromatic rings. The van der Waals surface area contributed by atoms with Gasteiger partial charge in [0.1, 0.15) is 0 Å². The van der Waals surface area contributed by atoms with Crippen LogP contribution in [0.15, 0.2) is 30.3 Å². The van der Waals surface area contributed by atoms with E-state index in [9.17, 15) is 18.3 Å². The van der Waals surface area contributed by atoms with Crippen molar-refractivity contribution in [1.29, 1.82) is 0 Å².